The topological polar surface area (TPSA) is 66.4 Å². The molecule has 0 radical (unpaired) electrons. The van der Waals surface area contributed by atoms with Crippen LogP contribution in [0.15, 0.2) is 72.0 Å². The molecule has 2 aromatic rings. The average Bonchev–Trinajstić information content (AvgIpc) is 2.95. The molecule has 140 valence electrons. The third kappa shape index (κ3) is 2.83. The van der Waals surface area contributed by atoms with Crippen LogP contribution in [0.1, 0.15) is 29.0 Å². The zero-order valence-electron chi connectivity index (χ0n) is 15.2. The van der Waals surface area contributed by atoms with Crippen LogP contribution in [0.5, 0.6) is 0 Å². The zero-order valence-corrected chi connectivity index (χ0v) is 16.0. The lowest BCUT2D eigenvalue weighted by Gasteiger charge is -2.31. The van der Waals surface area contributed by atoms with E-state index < -0.39 is 17.4 Å². The van der Waals surface area contributed by atoms with E-state index in [1.165, 1.54) is 0 Å². The highest BCUT2D eigenvalue weighted by Crippen LogP contribution is 2.48. The fourth-order valence-electron chi connectivity index (χ4n) is 3.86. The number of allylic oxidation sites excluding steroid dienone is 3. The number of fused-ring (bicyclic) bond motifs is 1. The smallest absolute Gasteiger partial charge is 0.262 e. The molecule has 1 heterocycles. The summed E-state index contributed by atoms with van der Waals surface area (Å²) in [6, 6.07) is 12.1. The summed E-state index contributed by atoms with van der Waals surface area (Å²) in [7, 11) is 0. The number of rotatable bonds is 4. The third-order valence-electron chi connectivity index (χ3n) is 5.21. The molecule has 0 aromatic heterocycles. The molecule has 28 heavy (non-hydrogen) atoms. The second-order valence-corrected chi connectivity index (χ2v) is 7.42. The normalized spacial score (nSPS) is 21.1. The Morgan fingerprint density at radius 2 is 2.04 bits per heavy atom. The van der Waals surface area contributed by atoms with Crippen molar-refractivity contribution in [3.8, 4) is 0 Å². The summed E-state index contributed by atoms with van der Waals surface area (Å²) in [6.07, 6.45) is 5.74. The van der Waals surface area contributed by atoms with Crippen LogP contribution in [-0.2, 0) is 15.2 Å². The van der Waals surface area contributed by atoms with E-state index in [9.17, 15) is 14.7 Å². The van der Waals surface area contributed by atoms with Crippen LogP contribution in [0.25, 0.3) is 0 Å². The number of anilines is 1. The second-order valence-electron chi connectivity index (χ2n) is 6.98. The minimum absolute atomic E-state index is 0.320. The van der Waals surface area contributed by atoms with Gasteiger partial charge in [-0.1, -0.05) is 48.0 Å². The predicted octanol–water partition coefficient (Wildman–Crippen LogP) is 4.18. The Balaban J connectivity index is 1.94. The molecule has 2 aromatic carbocycles. The molecular weight excluding hydrogens is 374 g/mol. The maximum absolute atomic E-state index is 13.5. The molecule has 0 unspecified atom stereocenters. The number of aliphatic hydroxyl groups is 1. The van der Waals surface area contributed by atoms with Gasteiger partial charge in [0.05, 0.1) is 11.6 Å². The maximum Gasteiger partial charge on any atom is 0.262 e. The molecule has 0 bridgehead atoms. The lowest BCUT2D eigenvalue weighted by atomic mass is 9.73. The first kappa shape index (κ1) is 18.5. The van der Waals surface area contributed by atoms with E-state index in [-0.39, 0.29) is 5.78 Å². The van der Waals surface area contributed by atoms with Gasteiger partial charge in [0.25, 0.3) is 5.91 Å². The molecule has 1 amide bonds. The van der Waals surface area contributed by atoms with Crippen LogP contribution in [0, 0.1) is 6.92 Å². The van der Waals surface area contributed by atoms with Crippen molar-refractivity contribution in [1.82, 2.24) is 0 Å². The Morgan fingerprint density at radius 1 is 1.29 bits per heavy atom. The quantitative estimate of drug-likeness (QED) is 0.768. The summed E-state index contributed by atoms with van der Waals surface area (Å²) < 4.78 is 0. The number of carbonyl (C=O) groups excluding carboxylic acids is 2. The number of ketones is 1. The van der Waals surface area contributed by atoms with Gasteiger partial charge >= 0.3 is 0 Å². The fraction of sp³-hybridized carbons (Fsp3) is 0.174. The van der Waals surface area contributed by atoms with Gasteiger partial charge in [-0.2, -0.15) is 0 Å². The molecule has 2 aliphatic rings. The molecule has 2 N–H and O–H groups in total. The highest BCUT2D eigenvalue weighted by molar-refractivity contribution is 6.31. The minimum atomic E-state index is -2.07. The van der Waals surface area contributed by atoms with Crippen LogP contribution in [0.3, 0.4) is 0 Å². The number of Topliss-reactive ketones (excluding diaryl/α,β-unsaturated/α-hetero) is 1. The largest absolute Gasteiger partial charge is 0.374 e. The summed E-state index contributed by atoms with van der Waals surface area (Å²) in [4.78, 5) is 26.5. The van der Waals surface area contributed by atoms with Gasteiger partial charge in [-0.05, 0) is 48.8 Å². The van der Waals surface area contributed by atoms with Crippen molar-refractivity contribution in [3.63, 3.8) is 0 Å². The van der Waals surface area contributed by atoms with Gasteiger partial charge in [0.15, 0.2) is 11.4 Å². The summed E-state index contributed by atoms with van der Waals surface area (Å²) in [5.74, 6) is -2.09. The van der Waals surface area contributed by atoms with Crippen LogP contribution in [0.2, 0.25) is 5.02 Å². The average molecular weight is 392 g/mol. The first-order valence-corrected chi connectivity index (χ1v) is 9.35. The summed E-state index contributed by atoms with van der Waals surface area (Å²) in [6.45, 7) is 1.80. The molecule has 4 rings (SSSR count). The molecule has 0 saturated carbocycles. The molecule has 0 spiro atoms. The minimum Gasteiger partial charge on any atom is -0.374 e. The molecule has 2 atom stereocenters. The van der Waals surface area contributed by atoms with Gasteiger partial charge in [0, 0.05) is 16.2 Å². The zero-order chi connectivity index (χ0) is 19.9. The van der Waals surface area contributed by atoms with Crippen LogP contribution >= 0.6 is 11.6 Å². The lowest BCUT2D eigenvalue weighted by Crippen LogP contribution is -2.44. The predicted molar refractivity (Wildman–Crippen MR) is 108 cm³/mol. The number of amides is 1. The van der Waals surface area contributed by atoms with Crippen LogP contribution in [-0.4, -0.2) is 16.8 Å². The summed E-state index contributed by atoms with van der Waals surface area (Å²) in [5.41, 5.74) is 3.38. The molecular formula is C23H18ClNO3. The van der Waals surface area contributed by atoms with Crippen LogP contribution in [0.4, 0.5) is 5.69 Å². The Kier molecular flexibility index (Phi) is 4.56. The maximum atomic E-state index is 13.5. The molecule has 1 aliphatic heterocycles. The molecule has 4 nitrogen and oxygen atoms in total. The van der Waals surface area contributed by atoms with Gasteiger partial charge in [-0.25, -0.2) is 0 Å². The van der Waals surface area contributed by atoms with Gasteiger partial charge in [-0.15, -0.1) is 5.73 Å². The van der Waals surface area contributed by atoms with Crippen molar-refractivity contribution in [1.29, 1.82) is 0 Å². The van der Waals surface area contributed by atoms with E-state index in [2.05, 4.69) is 11.0 Å². The lowest BCUT2D eigenvalue weighted by molar-refractivity contribution is -0.141. The Bertz CT molecular complexity index is 1080. The first-order valence-electron chi connectivity index (χ1n) is 8.97. The number of halogens is 1. The molecule has 0 saturated heterocycles. The first-order chi connectivity index (χ1) is 13.4. The van der Waals surface area contributed by atoms with E-state index in [1.54, 1.807) is 55.5 Å². The van der Waals surface area contributed by atoms with Crippen LogP contribution < -0.4 is 5.32 Å². The van der Waals surface area contributed by atoms with Crippen molar-refractivity contribution >= 4 is 29.0 Å². The van der Waals surface area contributed by atoms with E-state index in [4.69, 9.17) is 11.6 Å². The summed E-state index contributed by atoms with van der Waals surface area (Å²) >= 11 is 6.22. The third-order valence-corrected chi connectivity index (χ3v) is 5.42. The number of hydrogen-bond acceptors (Lipinski definition) is 3. The number of benzene rings is 2. The highest BCUT2D eigenvalue weighted by atomic mass is 35.5. The van der Waals surface area contributed by atoms with E-state index in [0.717, 1.165) is 5.56 Å². The van der Waals surface area contributed by atoms with Gasteiger partial charge in [-0.3, -0.25) is 9.59 Å². The monoisotopic (exact) mass is 391 g/mol. The van der Waals surface area contributed by atoms with Gasteiger partial charge in [0.2, 0.25) is 0 Å². The Hall–Kier alpha value is -2.91. The van der Waals surface area contributed by atoms with Crippen molar-refractivity contribution < 1.29 is 14.7 Å². The van der Waals surface area contributed by atoms with Gasteiger partial charge in [0.1, 0.15) is 0 Å². The highest BCUT2D eigenvalue weighted by Gasteiger charge is 2.55. The Labute approximate surface area is 167 Å². The van der Waals surface area contributed by atoms with Crippen molar-refractivity contribution in [3.05, 3.63) is 93.7 Å². The van der Waals surface area contributed by atoms with Gasteiger partial charge < -0.3 is 10.4 Å². The van der Waals surface area contributed by atoms with Crippen molar-refractivity contribution in [2.45, 2.75) is 24.9 Å². The Morgan fingerprint density at radius 3 is 2.71 bits per heavy atom. The van der Waals surface area contributed by atoms with Crippen molar-refractivity contribution in [2.75, 3.05) is 5.32 Å². The number of nitrogens with one attached hydrogen (secondary N) is 1. The fourth-order valence-corrected chi connectivity index (χ4v) is 4.13. The molecule has 1 aliphatic carbocycles. The van der Waals surface area contributed by atoms with E-state index in [0.29, 0.717) is 33.8 Å². The van der Waals surface area contributed by atoms with E-state index in [1.807, 2.05) is 12.1 Å². The standard InChI is InChI=1S/C23H18ClNO3/c1-14-12-17(24)13-18-20(14)25-22(27)23(18,28)19(15-8-4-2-5-9-15)21(26)16-10-6-3-7-11-16/h2-5,8-13,19,28H,6H2,1H3,(H,25,27)/t19-,23+/m0/s1. The summed E-state index contributed by atoms with van der Waals surface area (Å²) in [5, 5.41) is 14.8. The second kappa shape index (κ2) is 6.92. The number of aryl methyl sites for hydroxylation is 1. The van der Waals surface area contributed by atoms with Crippen molar-refractivity contribution in [2.24, 2.45) is 0 Å². The molecule has 0 fully saturated rings. The number of hydrogen-bond donors (Lipinski definition) is 2. The van der Waals surface area contributed by atoms with E-state index >= 15 is 0 Å². The SMILES string of the molecule is Cc1cc(Cl)cc2c1NC(=O)[C@]2(O)[C@H](C(=O)C1=CCC=C=C1)c1ccccc1. The number of carbonyl (C=O) groups is 2. The molecule has 5 heteroatoms.